The van der Waals surface area contributed by atoms with Crippen molar-refractivity contribution >= 4 is 7.26 Å². The molecule has 0 atom stereocenters. The van der Waals surface area contributed by atoms with E-state index in [-0.39, 0.29) is 0 Å². The Kier molecular flexibility index (Phi) is 8.70. The third-order valence-electron chi connectivity index (χ3n) is 5.52. The number of hydrogen-bond acceptors (Lipinski definition) is 0. The molecule has 126 valence electrons. The van der Waals surface area contributed by atoms with Gasteiger partial charge in [-0.25, -0.2) is 0 Å². The predicted molar refractivity (Wildman–Crippen MR) is 107 cm³/mol. The molecule has 0 unspecified atom stereocenters. The Morgan fingerprint density at radius 2 is 1.09 bits per heavy atom. The van der Waals surface area contributed by atoms with Crippen molar-refractivity contribution in [2.45, 2.75) is 79.3 Å². The lowest BCUT2D eigenvalue weighted by Gasteiger charge is -2.38. The molecule has 0 aliphatic heterocycles. The van der Waals surface area contributed by atoms with E-state index in [0.29, 0.717) is 0 Å². The zero-order valence-corrected chi connectivity index (χ0v) is 16.8. The van der Waals surface area contributed by atoms with Gasteiger partial charge >= 0.3 is 0 Å². The van der Waals surface area contributed by atoms with Crippen LogP contribution in [-0.2, 0) is 0 Å². The standard InChI is InChI=1S/C21H38P/c1-7-18(4)15-22(16-19(5)8-2,17-20(6)9-3)21-13-11-10-12-14-21/h7-9,21H,10-17H2,1-6H3/q+1/b18-7+,19-8+,20-9+. The van der Waals surface area contributed by atoms with Crippen molar-refractivity contribution in [1.29, 1.82) is 0 Å². The normalized spacial score (nSPS) is 19.6. The van der Waals surface area contributed by atoms with Crippen molar-refractivity contribution < 1.29 is 0 Å². The Labute approximate surface area is 140 Å². The minimum Gasteiger partial charge on any atom is -0.0851 e. The maximum absolute atomic E-state index is 2.35. The summed E-state index contributed by atoms with van der Waals surface area (Å²) in [6, 6.07) is 0. The molecule has 0 nitrogen and oxygen atoms in total. The van der Waals surface area contributed by atoms with Gasteiger partial charge in [0, 0.05) is 7.26 Å². The molecule has 0 N–H and O–H groups in total. The van der Waals surface area contributed by atoms with Crippen LogP contribution in [0.2, 0.25) is 0 Å². The van der Waals surface area contributed by atoms with E-state index in [1.807, 2.05) is 0 Å². The van der Waals surface area contributed by atoms with Crippen LogP contribution in [0.3, 0.4) is 0 Å². The molecule has 1 rings (SSSR count). The monoisotopic (exact) mass is 321 g/mol. The number of hydrogen-bond donors (Lipinski definition) is 0. The van der Waals surface area contributed by atoms with Gasteiger partial charge in [0.1, 0.15) is 0 Å². The zero-order chi connectivity index (χ0) is 16.6. The van der Waals surface area contributed by atoms with E-state index in [9.17, 15) is 0 Å². The van der Waals surface area contributed by atoms with Crippen LogP contribution in [0, 0.1) is 0 Å². The summed E-state index contributed by atoms with van der Waals surface area (Å²) in [4.78, 5) is 0. The van der Waals surface area contributed by atoms with Crippen LogP contribution < -0.4 is 0 Å². The molecule has 0 aromatic heterocycles. The summed E-state index contributed by atoms with van der Waals surface area (Å²) in [5.74, 6) is 0. The highest BCUT2D eigenvalue weighted by molar-refractivity contribution is 7.77. The molecule has 1 aliphatic rings. The first-order valence-corrected chi connectivity index (χ1v) is 11.6. The molecule has 1 saturated carbocycles. The molecular weight excluding hydrogens is 283 g/mol. The Bertz CT molecular complexity index is 369. The van der Waals surface area contributed by atoms with Crippen LogP contribution in [0.1, 0.15) is 73.6 Å². The second kappa shape index (κ2) is 9.71. The molecule has 1 aliphatic carbocycles. The third-order valence-corrected chi connectivity index (χ3v) is 11.0. The molecule has 0 aromatic carbocycles. The van der Waals surface area contributed by atoms with Gasteiger partial charge in [-0.1, -0.05) is 24.6 Å². The summed E-state index contributed by atoms with van der Waals surface area (Å²) in [5, 5.41) is 0. The average Bonchev–Trinajstić information content (AvgIpc) is 2.54. The topological polar surface area (TPSA) is 0 Å². The van der Waals surface area contributed by atoms with E-state index < -0.39 is 7.26 Å². The van der Waals surface area contributed by atoms with Gasteiger partial charge in [-0.15, -0.1) is 0 Å². The Morgan fingerprint density at radius 1 is 0.727 bits per heavy atom. The third kappa shape index (κ3) is 5.69. The van der Waals surface area contributed by atoms with Gasteiger partial charge in [0.15, 0.2) is 0 Å². The summed E-state index contributed by atoms with van der Waals surface area (Å²) in [6.07, 6.45) is 18.6. The largest absolute Gasteiger partial charge is 0.0851 e. The zero-order valence-electron chi connectivity index (χ0n) is 15.9. The highest BCUT2D eigenvalue weighted by atomic mass is 31.2. The molecule has 1 heteroatoms. The van der Waals surface area contributed by atoms with Gasteiger partial charge in [-0.3, -0.25) is 0 Å². The maximum Gasteiger partial charge on any atom is 0.0809 e. The Balaban J connectivity index is 3.19. The minimum atomic E-state index is -0.994. The molecule has 0 bridgehead atoms. The van der Waals surface area contributed by atoms with Crippen molar-refractivity contribution in [1.82, 2.24) is 0 Å². The molecule has 1 fully saturated rings. The molecule has 0 amide bonds. The van der Waals surface area contributed by atoms with Crippen molar-refractivity contribution in [2.24, 2.45) is 0 Å². The lowest BCUT2D eigenvalue weighted by molar-refractivity contribution is 0.507. The Morgan fingerprint density at radius 3 is 1.41 bits per heavy atom. The molecule has 22 heavy (non-hydrogen) atoms. The summed E-state index contributed by atoms with van der Waals surface area (Å²) in [5.41, 5.74) is 5.85. The fraction of sp³-hybridized carbons (Fsp3) is 0.714. The maximum atomic E-state index is 2.35. The molecule has 0 radical (unpaired) electrons. The highest BCUT2D eigenvalue weighted by Gasteiger charge is 2.45. The van der Waals surface area contributed by atoms with Crippen LogP contribution in [0.4, 0.5) is 0 Å². The SMILES string of the molecule is C/C=C(\C)C[P+](C/C(C)=C/C)(C/C(C)=C/C)C1CCCCC1. The lowest BCUT2D eigenvalue weighted by atomic mass is 10.0. The molecule has 0 spiro atoms. The van der Waals surface area contributed by atoms with Gasteiger partial charge in [0.25, 0.3) is 0 Å². The molecule has 0 aromatic rings. The first kappa shape index (κ1) is 19.7. The van der Waals surface area contributed by atoms with E-state index in [1.54, 1.807) is 16.7 Å². The second-order valence-corrected chi connectivity index (χ2v) is 11.5. The van der Waals surface area contributed by atoms with Gasteiger partial charge in [-0.05, 0) is 83.9 Å². The van der Waals surface area contributed by atoms with Gasteiger partial charge < -0.3 is 0 Å². The average molecular weight is 322 g/mol. The van der Waals surface area contributed by atoms with Crippen molar-refractivity contribution in [3.05, 3.63) is 34.9 Å². The van der Waals surface area contributed by atoms with Crippen molar-refractivity contribution in [3.63, 3.8) is 0 Å². The van der Waals surface area contributed by atoms with Crippen LogP contribution in [0.25, 0.3) is 0 Å². The van der Waals surface area contributed by atoms with Gasteiger partial charge in [0.05, 0.1) is 24.1 Å². The van der Waals surface area contributed by atoms with Gasteiger partial charge in [-0.2, -0.15) is 0 Å². The van der Waals surface area contributed by atoms with Crippen LogP contribution in [0.5, 0.6) is 0 Å². The van der Waals surface area contributed by atoms with Crippen LogP contribution >= 0.6 is 7.26 Å². The minimum absolute atomic E-state index is 0.994. The van der Waals surface area contributed by atoms with E-state index in [4.69, 9.17) is 0 Å². The fourth-order valence-corrected chi connectivity index (χ4v) is 10.0. The number of allylic oxidation sites excluding steroid dienone is 6. The molecular formula is C21H38P+. The van der Waals surface area contributed by atoms with Crippen molar-refractivity contribution in [3.8, 4) is 0 Å². The smallest absolute Gasteiger partial charge is 0.0809 e. The van der Waals surface area contributed by atoms with E-state index in [1.165, 1.54) is 50.6 Å². The summed E-state index contributed by atoms with van der Waals surface area (Å²) < 4.78 is 0. The summed E-state index contributed by atoms with van der Waals surface area (Å²) >= 11 is 0. The lowest BCUT2D eigenvalue weighted by Crippen LogP contribution is -2.26. The molecule has 0 saturated heterocycles. The fourth-order valence-electron chi connectivity index (χ4n) is 3.95. The van der Waals surface area contributed by atoms with Crippen LogP contribution in [0.15, 0.2) is 34.9 Å². The highest BCUT2D eigenvalue weighted by Crippen LogP contribution is 2.68. The van der Waals surface area contributed by atoms with E-state index >= 15 is 0 Å². The summed E-state index contributed by atoms with van der Waals surface area (Å²) in [6.45, 7) is 13.7. The second-order valence-electron chi connectivity index (χ2n) is 7.39. The predicted octanol–water partition coefficient (Wildman–Crippen LogP) is 7.24. The first-order chi connectivity index (χ1) is 10.5. The molecule has 0 heterocycles. The van der Waals surface area contributed by atoms with Crippen molar-refractivity contribution in [2.75, 3.05) is 18.5 Å². The summed E-state index contributed by atoms with van der Waals surface area (Å²) in [7, 11) is -0.994. The van der Waals surface area contributed by atoms with Crippen LogP contribution in [-0.4, -0.2) is 24.1 Å². The van der Waals surface area contributed by atoms with E-state index in [0.717, 1.165) is 5.66 Å². The number of rotatable bonds is 7. The van der Waals surface area contributed by atoms with E-state index in [2.05, 4.69) is 59.8 Å². The van der Waals surface area contributed by atoms with Gasteiger partial charge in [0.2, 0.25) is 0 Å². The Hall–Kier alpha value is -0.350. The quantitative estimate of drug-likeness (QED) is 0.342. The first-order valence-electron chi connectivity index (χ1n) is 9.18.